The molecule has 184 valence electrons. The van der Waals surface area contributed by atoms with Crippen molar-refractivity contribution < 1.29 is 4.79 Å². The van der Waals surface area contributed by atoms with Gasteiger partial charge in [0.25, 0.3) is 0 Å². The zero-order chi connectivity index (χ0) is 22.9. The monoisotopic (exact) mass is 577 g/mol. The normalized spacial score (nSPS) is 17.3. The van der Waals surface area contributed by atoms with Crippen molar-refractivity contribution in [1.82, 2.24) is 25.0 Å². The number of halogens is 1. The molecule has 9 heteroatoms. The van der Waals surface area contributed by atoms with E-state index in [9.17, 15) is 4.79 Å². The van der Waals surface area contributed by atoms with Crippen LogP contribution in [0.25, 0.3) is 0 Å². The van der Waals surface area contributed by atoms with Gasteiger partial charge in [-0.2, -0.15) is 0 Å². The minimum atomic E-state index is 0. The van der Waals surface area contributed by atoms with Crippen LogP contribution in [0.1, 0.15) is 12.0 Å². The Morgan fingerprint density at radius 2 is 1.59 bits per heavy atom. The van der Waals surface area contributed by atoms with E-state index in [1.165, 1.54) is 5.56 Å². The maximum atomic E-state index is 12.7. The lowest BCUT2D eigenvalue weighted by Crippen LogP contribution is -2.53. The van der Waals surface area contributed by atoms with Crippen LogP contribution in [0.2, 0.25) is 0 Å². The second-order valence-electron chi connectivity index (χ2n) is 8.53. The lowest BCUT2D eigenvalue weighted by molar-refractivity contribution is -0.131. The lowest BCUT2D eigenvalue weighted by atomic mass is 10.2. The second kappa shape index (κ2) is 13.5. The summed E-state index contributed by atoms with van der Waals surface area (Å²) in [5.74, 6) is 2.08. The molecule has 1 amide bonds. The molecule has 8 nitrogen and oxygen atoms in total. The second-order valence-corrected chi connectivity index (χ2v) is 8.53. The largest absolute Gasteiger partial charge is 0.356 e. The molecule has 2 saturated heterocycles. The number of piperazine rings is 2. The number of aliphatic imine (C=N–C) groups is 1. The van der Waals surface area contributed by atoms with E-state index in [1.54, 1.807) is 0 Å². The summed E-state index contributed by atoms with van der Waals surface area (Å²) in [5.41, 5.74) is 1.35. The molecule has 2 fully saturated rings. The molecule has 3 heterocycles. The third-order valence-electron chi connectivity index (χ3n) is 6.36. The maximum Gasteiger partial charge on any atom is 0.224 e. The van der Waals surface area contributed by atoms with Crippen LogP contribution in [-0.4, -0.2) is 97.5 Å². The summed E-state index contributed by atoms with van der Waals surface area (Å²) >= 11 is 0. The Bertz CT molecular complexity index is 896. The summed E-state index contributed by atoms with van der Waals surface area (Å²) in [4.78, 5) is 30.5. The first-order valence-corrected chi connectivity index (χ1v) is 11.9. The highest BCUT2D eigenvalue weighted by Crippen LogP contribution is 2.13. The van der Waals surface area contributed by atoms with Crippen LogP contribution in [0.15, 0.2) is 59.7 Å². The molecular weight excluding hydrogens is 541 g/mol. The third-order valence-corrected chi connectivity index (χ3v) is 6.36. The summed E-state index contributed by atoms with van der Waals surface area (Å²) in [6.45, 7) is 8.63. The van der Waals surface area contributed by atoms with Crippen LogP contribution in [-0.2, 0) is 11.3 Å². The van der Waals surface area contributed by atoms with E-state index in [4.69, 9.17) is 0 Å². The van der Waals surface area contributed by atoms with Gasteiger partial charge in [0.1, 0.15) is 5.82 Å². The summed E-state index contributed by atoms with van der Waals surface area (Å²) in [6, 6.07) is 16.6. The Balaban J connectivity index is 0.00000324. The van der Waals surface area contributed by atoms with E-state index in [0.29, 0.717) is 13.0 Å². The smallest absolute Gasteiger partial charge is 0.224 e. The summed E-state index contributed by atoms with van der Waals surface area (Å²) in [7, 11) is 1.82. The quantitative estimate of drug-likeness (QED) is 0.323. The number of nitrogens with one attached hydrogen (secondary N) is 1. The molecule has 0 radical (unpaired) electrons. The number of benzene rings is 1. The van der Waals surface area contributed by atoms with Crippen LogP contribution in [0.3, 0.4) is 0 Å². The van der Waals surface area contributed by atoms with Gasteiger partial charge in [0.2, 0.25) is 5.91 Å². The van der Waals surface area contributed by atoms with Gasteiger partial charge in [0, 0.05) is 85.1 Å². The minimum absolute atomic E-state index is 0. The van der Waals surface area contributed by atoms with Crippen LogP contribution in [0, 0.1) is 0 Å². The average molecular weight is 578 g/mol. The number of amides is 1. The molecule has 34 heavy (non-hydrogen) atoms. The van der Waals surface area contributed by atoms with E-state index in [1.807, 2.05) is 36.3 Å². The van der Waals surface area contributed by atoms with Gasteiger partial charge < -0.3 is 20.0 Å². The predicted molar refractivity (Wildman–Crippen MR) is 148 cm³/mol. The van der Waals surface area contributed by atoms with Crippen molar-refractivity contribution in [3.8, 4) is 0 Å². The van der Waals surface area contributed by atoms with E-state index >= 15 is 0 Å². The fraction of sp³-hybridized carbons (Fsp3) is 0.480. The Hall–Kier alpha value is -2.40. The molecule has 4 rings (SSSR count). The molecule has 1 N–H and O–H groups in total. The topological polar surface area (TPSA) is 67.3 Å². The van der Waals surface area contributed by atoms with Crippen molar-refractivity contribution in [1.29, 1.82) is 0 Å². The number of rotatable bonds is 6. The molecule has 0 unspecified atom stereocenters. The Morgan fingerprint density at radius 3 is 2.24 bits per heavy atom. The minimum Gasteiger partial charge on any atom is -0.356 e. The summed E-state index contributed by atoms with van der Waals surface area (Å²) in [6.07, 6.45) is 2.30. The van der Waals surface area contributed by atoms with E-state index in [2.05, 4.69) is 60.3 Å². The van der Waals surface area contributed by atoms with Crippen molar-refractivity contribution in [2.45, 2.75) is 13.0 Å². The first-order chi connectivity index (χ1) is 16.2. The molecule has 0 atom stereocenters. The number of hydrogen-bond donors (Lipinski definition) is 1. The van der Waals surface area contributed by atoms with Gasteiger partial charge in [0.15, 0.2) is 5.96 Å². The number of guanidine groups is 1. The Morgan fingerprint density at radius 1 is 0.912 bits per heavy atom. The highest BCUT2D eigenvalue weighted by Gasteiger charge is 2.23. The number of aromatic nitrogens is 1. The molecule has 0 saturated carbocycles. The number of pyridine rings is 1. The zero-order valence-corrected chi connectivity index (χ0v) is 22.3. The van der Waals surface area contributed by atoms with Crippen LogP contribution >= 0.6 is 24.0 Å². The van der Waals surface area contributed by atoms with Crippen molar-refractivity contribution in [3.05, 3.63) is 60.3 Å². The van der Waals surface area contributed by atoms with Crippen LogP contribution in [0.5, 0.6) is 0 Å². The number of carbonyl (C=O) groups excluding carboxylic acids is 1. The van der Waals surface area contributed by atoms with Gasteiger partial charge in [-0.05, 0) is 17.7 Å². The highest BCUT2D eigenvalue weighted by atomic mass is 127. The standard InChI is InChI=1S/C25H35N7O.HI/c1-26-25(32-15-13-29(14-16-32)21-22-7-3-2-4-8-22)28-12-10-24(33)31-19-17-30(18-20-31)23-9-5-6-11-27-23;/h2-9,11H,10,12-21H2,1H3,(H,26,28);1H. The molecule has 0 aliphatic carbocycles. The number of nitrogens with zero attached hydrogens (tertiary/aromatic N) is 6. The number of anilines is 1. The van der Waals surface area contributed by atoms with Crippen LogP contribution in [0.4, 0.5) is 5.82 Å². The highest BCUT2D eigenvalue weighted by molar-refractivity contribution is 14.0. The van der Waals surface area contributed by atoms with Gasteiger partial charge in [-0.15, -0.1) is 24.0 Å². The zero-order valence-electron chi connectivity index (χ0n) is 20.0. The van der Waals surface area contributed by atoms with Gasteiger partial charge in [0.05, 0.1) is 0 Å². The molecule has 2 aromatic rings. The van der Waals surface area contributed by atoms with Crippen molar-refractivity contribution in [2.75, 3.05) is 70.9 Å². The first kappa shape index (κ1) is 26.2. The molecule has 0 bridgehead atoms. The van der Waals surface area contributed by atoms with Gasteiger partial charge in [-0.3, -0.25) is 14.7 Å². The maximum absolute atomic E-state index is 12.7. The fourth-order valence-electron chi connectivity index (χ4n) is 4.46. The summed E-state index contributed by atoms with van der Waals surface area (Å²) in [5, 5.41) is 3.40. The molecule has 1 aromatic heterocycles. The molecule has 2 aliphatic rings. The molecule has 2 aliphatic heterocycles. The van der Waals surface area contributed by atoms with Crippen molar-refractivity contribution in [3.63, 3.8) is 0 Å². The summed E-state index contributed by atoms with van der Waals surface area (Å²) < 4.78 is 0. The molecular formula is C25H36IN7O. The van der Waals surface area contributed by atoms with Crippen molar-refractivity contribution >= 4 is 41.7 Å². The van der Waals surface area contributed by atoms with Gasteiger partial charge in [-0.25, -0.2) is 4.98 Å². The number of carbonyl (C=O) groups is 1. The van der Waals surface area contributed by atoms with E-state index in [0.717, 1.165) is 70.7 Å². The lowest BCUT2D eigenvalue weighted by Gasteiger charge is -2.37. The Kier molecular flexibility index (Phi) is 10.4. The van der Waals surface area contributed by atoms with E-state index in [-0.39, 0.29) is 29.9 Å². The fourth-order valence-corrected chi connectivity index (χ4v) is 4.46. The first-order valence-electron chi connectivity index (χ1n) is 11.9. The SMILES string of the molecule is CN=C(NCCC(=O)N1CCN(c2ccccn2)CC1)N1CCN(Cc2ccccc2)CC1.I. The number of hydrogen-bond acceptors (Lipinski definition) is 5. The third kappa shape index (κ3) is 7.30. The van der Waals surface area contributed by atoms with Gasteiger partial charge in [-0.1, -0.05) is 36.4 Å². The van der Waals surface area contributed by atoms with Crippen LogP contribution < -0.4 is 10.2 Å². The Labute approximate surface area is 220 Å². The van der Waals surface area contributed by atoms with Gasteiger partial charge >= 0.3 is 0 Å². The average Bonchev–Trinajstić information content (AvgIpc) is 2.88. The van der Waals surface area contributed by atoms with Crippen molar-refractivity contribution in [2.24, 2.45) is 4.99 Å². The predicted octanol–water partition coefficient (Wildman–Crippen LogP) is 2.13. The van der Waals surface area contributed by atoms with E-state index < -0.39 is 0 Å². The molecule has 1 aromatic carbocycles. The molecule has 0 spiro atoms.